The van der Waals surface area contributed by atoms with Gasteiger partial charge in [-0.2, -0.15) is 8.42 Å². The van der Waals surface area contributed by atoms with Gasteiger partial charge in [0.25, 0.3) is 10.1 Å². The second-order valence-corrected chi connectivity index (χ2v) is 10.5. The van der Waals surface area contributed by atoms with E-state index in [1.54, 1.807) is 7.11 Å². The zero-order chi connectivity index (χ0) is 21.9. The molecule has 0 spiro atoms. The van der Waals surface area contributed by atoms with Crippen LogP contribution in [0.3, 0.4) is 0 Å². The van der Waals surface area contributed by atoms with E-state index in [4.69, 9.17) is 13.7 Å². The molecule has 0 amide bonds. The number of rotatable bonds is 9. The van der Waals surface area contributed by atoms with E-state index in [0.717, 1.165) is 38.6 Å². The Morgan fingerprint density at radius 3 is 2.67 bits per heavy atom. The van der Waals surface area contributed by atoms with Crippen LogP contribution in [0.15, 0.2) is 12.1 Å². The van der Waals surface area contributed by atoms with E-state index in [0.29, 0.717) is 36.4 Å². The number of hydrogen-bond donors (Lipinski definition) is 1. The highest BCUT2D eigenvalue weighted by atomic mass is 32.2. The van der Waals surface area contributed by atoms with E-state index in [9.17, 15) is 13.5 Å². The third-order valence-electron chi connectivity index (χ3n) is 5.99. The minimum absolute atomic E-state index is 0.0958. The summed E-state index contributed by atoms with van der Waals surface area (Å²) >= 11 is 0. The van der Waals surface area contributed by atoms with Crippen molar-refractivity contribution in [1.29, 1.82) is 0 Å². The molecule has 1 fully saturated rings. The van der Waals surface area contributed by atoms with Crippen LogP contribution < -0.4 is 9.47 Å². The Hall–Kier alpha value is -1.35. The molecule has 30 heavy (non-hydrogen) atoms. The van der Waals surface area contributed by atoms with Crippen LogP contribution in [0.4, 0.5) is 0 Å². The van der Waals surface area contributed by atoms with E-state index in [2.05, 4.69) is 18.7 Å². The summed E-state index contributed by atoms with van der Waals surface area (Å²) in [5.41, 5.74) is 2.45. The molecule has 170 valence electrons. The van der Waals surface area contributed by atoms with E-state index < -0.39 is 10.1 Å². The molecule has 2 aliphatic heterocycles. The Kier molecular flexibility index (Phi) is 7.66. The minimum Gasteiger partial charge on any atom is -0.493 e. The fourth-order valence-electron chi connectivity index (χ4n) is 4.66. The van der Waals surface area contributed by atoms with E-state index in [1.165, 1.54) is 11.1 Å². The van der Waals surface area contributed by atoms with Crippen LogP contribution in [0.1, 0.15) is 50.3 Å². The minimum atomic E-state index is -3.43. The number of methoxy groups -OCH3 is 1. The standard InChI is InChI=1S/C22H35NO6S/c1-15(2)10-17-14-23-7-6-16-11-22(28-8-5-9-29-30(4,25)26)21(27-3)12-18(16)19(23)13-20(17)24/h11-12,15,17,19-20,24H,5-10,13-14H2,1-4H3/t17-,19-,20-/m1/s1. The molecule has 0 aromatic heterocycles. The Morgan fingerprint density at radius 2 is 2.00 bits per heavy atom. The Balaban J connectivity index is 1.68. The molecule has 1 aromatic carbocycles. The monoisotopic (exact) mass is 441 g/mol. The number of fused-ring (bicyclic) bond motifs is 3. The maximum atomic E-state index is 11.0. The van der Waals surface area contributed by atoms with Gasteiger partial charge >= 0.3 is 0 Å². The van der Waals surface area contributed by atoms with Gasteiger partial charge in [0.05, 0.1) is 32.7 Å². The quantitative estimate of drug-likeness (QED) is 0.466. The van der Waals surface area contributed by atoms with Gasteiger partial charge in [-0.15, -0.1) is 0 Å². The van der Waals surface area contributed by atoms with Gasteiger partial charge in [-0.1, -0.05) is 13.8 Å². The van der Waals surface area contributed by atoms with E-state index in [1.807, 2.05) is 12.1 Å². The van der Waals surface area contributed by atoms with Gasteiger partial charge in [0.15, 0.2) is 11.5 Å². The molecule has 0 bridgehead atoms. The van der Waals surface area contributed by atoms with Crippen LogP contribution in [-0.4, -0.2) is 64.2 Å². The summed E-state index contributed by atoms with van der Waals surface area (Å²) in [4.78, 5) is 2.50. The molecule has 0 radical (unpaired) electrons. The van der Waals surface area contributed by atoms with Crippen LogP contribution in [-0.2, 0) is 20.7 Å². The number of ether oxygens (including phenoxy) is 2. The SMILES string of the molecule is COc1cc2c(cc1OCCCOS(C)(=O)=O)CCN1C[C@@H](CC(C)C)[C@H](O)C[C@H]21. The first-order chi connectivity index (χ1) is 14.2. The predicted octanol–water partition coefficient (Wildman–Crippen LogP) is 2.77. The number of hydrogen-bond acceptors (Lipinski definition) is 7. The molecule has 2 aliphatic rings. The van der Waals surface area contributed by atoms with Gasteiger partial charge in [0, 0.05) is 25.6 Å². The first-order valence-corrected chi connectivity index (χ1v) is 12.6. The summed E-state index contributed by atoms with van der Waals surface area (Å²) in [6.07, 6.45) is 3.96. The van der Waals surface area contributed by atoms with Crippen molar-refractivity contribution < 1.29 is 27.2 Å². The Morgan fingerprint density at radius 1 is 1.23 bits per heavy atom. The van der Waals surface area contributed by atoms with Crippen LogP contribution in [0.5, 0.6) is 11.5 Å². The molecule has 8 heteroatoms. The highest BCUT2D eigenvalue weighted by molar-refractivity contribution is 7.85. The van der Waals surface area contributed by atoms with Crippen molar-refractivity contribution in [2.24, 2.45) is 11.8 Å². The second kappa shape index (κ2) is 9.85. The molecule has 0 saturated carbocycles. The number of piperidine rings is 1. The van der Waals surface area contributed by atoms with Gasteiger partial charge in [0.1, 0.15) is 0 Å². The number of aliphatic hydroxyl groups excluding tert-OH is 1. The van der Waals surface area contributed by atoms with Gasteiger partial charge in [-0.05, 0) is 54.4 Å². The van der Waals surface area contributed by atoms with Crippen LogP contribution in [0.25, 0.3) is 0 Å². The lowest BCUT2D eigenvalue weighted by molar-refractivity contribution is -0.0191. The van der Waals surface area contributed by atoms with Gasteiger partial charge < -0.3 is 14.6 Å². The molecule has 1 N–H and O–H groups in total. The van der Waals surface area contributed by atoms with Gasteiger partial charge in [-0.25, -0.2) is 0 Å². The zero-order valence-corrected chi connectivity index (χ0v) is 19.3. The normalized spacial score (nSPS) is 24.4. The highest BCUT2D eigenvalue weighted by Gasteiger charge is 2.38. The van der Waals surface area contributed by atoms with Gasteiger partial charge in [-0.3, -0.25) is 9.08 Å². The molecule has 0 aliphatic carbocycles. The lowest BCUT2D eigenvalue weighted by atomic mass is 9.79. The maximum absolute atomic E-state index is 11.0. The summed E-state index contributed by atoms with van der Waals surface area (Å²) in [7, 11) is -1.80. The van der Waals surface area contributed by atoms with Crippen molar-refractivity contribution >= 4 is 10.1 Å². The predicted molar refractivity (Wildman–Crippen MR) is 115 cm³/mol. The molecular formula is C22H35NO6S. The van der Waals surface area contributed by atoms with Crippen molar-refractivity contribution in [3.8, 4) is 11.5 Å². The van der Waals surface area contributed by atoms with Crippen LogP contribution in [0.2, 0.25) is 0 Å². The average Bonchev–Trinajstić information content (AvgIpc) is 2.66. The molecule has 3 atom stereocenters. The van der Waals surface area contributed by atoms with Crippen LogP contribution >= 0.6 is 0 Å². The zero-order valence-electron chi connectivity index (χ0n) is 18.5. The van der Waals surface area contributed by atoms with E-state index in [-0.39, 0.29) is 18.8 Å². The van der Waals surface area contributed by atoms with Crippen molar-refractivity contribution in [2.45, 2.75) is 51.7 Å². The summed E-state index contributed by atoms with van der Waals surface area (Å²) < 4.78 is 38.2. The number of nitrogens with zero attached hydrogens (tertiary/aromatic N) is 1. The van der Waals surface area contributed by atoms with Crippen molar-refractivity contribution in [1.82, 2.24) is 4.90 Å². The fourth-order valence-corrected chi connectivity index (χ4v) is 5.08. The molecule has 7 nitrogen and oxygen atoms in total. The summed E-state index contributed by atoms with van der Waals surface area (Å²) in [5, 5.41) is 10.8. The topological polar surface area (TPSA) is 85.3 Å². The fraction of sp³-hybridized carbons (Fsp3) is 0.727. The lowest BCUT2D eigenvalue weighted by Crippen LogP contribution is -2.48. The third kappa shape index (κ3) is 5.87. The van der Waals surface area contributed by atoms with Crippen molar-refractivity contribution in [2.75, 3.05) is 39.7 Å². The summed E-state index contributed by atoms with van der Waals surface area (Å²) in [5.74, 6) is 2.25. The molecule has 2 heterocycles. The van der Waals surface area contributed by atoms with Gasteiger partial charge in [0.2, 0.25) is 0 Å². The molecule has 3 rings (SSSR count). The first kappa shape index (κ1) is 23.3. The van der Waals surface area contributed by atoms with Crippen LogP contribution in [0, 0.1) is 11.8 Å². The molecule has 1 saturated heterocycles. The first-order valence-electron chi connectivity index (χ1n) is 10.8. The molecular weight excluding hydrogens is 406 g/mol. The number of aliphatic hydroxyl groups is 1. The lowest BCUT2D eigenvalue weighted by Gasteiger charge is -2.46. The number of benzene rings is 1. The smallest absolute Gasteiger partial charge is 0.264 e. The largest absolute Gasteiger partial charge is 0.493 e. The van der Waals surface area contributed by atoms with E-state index >= 15 is 0 Å². The molecule has 0 unspecified atom stereocenters. The Labute approximate surface area is 180 Å². The Bertz CT molecular complexity index is 825. The van der Waals surface area contributed by atoms with Crippen molar-refractivity contribution in [3.63, 3.8) is 0 Å². The second-order valence-electron chi connectivity index (χ2n) is 8.88. The summed E-state index contributed by atoms with van der Waals surface area (Å²) in [6, 6.07) is 4.29. The molecule has 1 aromatic rings. The summed E-state index contributed by atoms with van der Waals surface area (Å²) in [6.45, 7) is 6.78. The maximum Gasteiger partial charge on any atom is 0.264 e. The average molecular weight is 442 g/mol. The highest BCUT2D eigenvalue weighted by Crippen LogP contribution is 2.43. The van der Waals surface area contributed by atoms with Crippen molar-refractivity contribution in [3.05, 3.63) is 23.3 Å². The third-order valence-corrected chi connectivity index (χ3v) is 6.58.